The van der Waals surface area contributed by atoms with Crippen molar-refractivity contribution in [2.24, 2.45) is 0 Å². The number of hydrogen-bond donors (Lipinski definition) is 1. The summed E-state index contributed by atoms with van der Waals surface area (Å²) in [5.74, 6) is -0.612. The predicted octanol–water partition coefficient (Wildman–Crippen LogP) is 2.68. The van der Waals surface area contributed by atoms with Crippen molar-refractivity contribution >= 4 is 28.6 Å². The minimum absolute atomic E-state index is 0.205. The molecule has 0 saturated carbocycles. The molecular weight excluding hydrogens is 427 g/mol. The van der Waals surface area contributed by atoms with Gasteiger partial charge in [-0.1, -0.05) is 23.5 Å². The summed E-state index contributed by atoms with van der Waals surface area (Å²) in [7, 11) is 0. The molecule has 154 valence electrons. The van der Waals surface area contributed by atoms with E-state index < -0.39 is 5.69 Å². The molecule has 0 radical (unpaired) electrons. The Hall–Kier alpha value is -3.18. The molecule has 1 N–H and O–H groups in total. The van der Waals surface area contributed by atoms with Crippen molar-refractivity contribution in [3.05, 3.63) is 79.1 Å². The number of aromatic nitrogens is 5. The van der Waals surface area contributed by atoms with Crippen LogP contribution >= 0.6 is 22.7 Å². The van der Waals surface area contributed by atoms with E-state index in [0.717, 1.165) is 27.6 Å². The van der Waals surface area contributed by atoms with E-state index in [9.17, 15) is 14.0 Å². The van der Waals surface area contributed by atoms with Crippen molar-refractivity contribution in [1.82, 2.24) is 29.6 Å². The summed E-state index contributed by atoms with van der Waals surface area (Å²) in [4.78, 5) is 34.3. The van der Waals surface area contributed by atoms with E-state index in [1.807, 2.05) is 12.3 Å². The SMILES string of the molecule is Cc1nc(CNC(=O)c2sc(-n3cnn(Cc4ccc(F)cc4)c3=O)nc2C)cs1. The van der Waals surface area contributed by atoms with Gasteiger partial charge in [0.15, 0.2) is 5.13 Å². The number of benzene rings is 1. The maximum absolute atomic E-state index is 13.1. The van der Waals surface area contributed by atoms with Crippen LogP contribution in [0.2, 0.25) is 0 Å². The summed E-state index contributed by atoms with van der Waals surface area (Å²) in [5.41, 5.74) is 1.68. The van der Waals surface area contributed by atoms with E-state index in [1.54, 1.807) is 19.1 Å². The van der Waals surface area contributed by atoms with Gasteiger partial charge in [-0.3, -0.25) is 4.79 Å². The first-order valence-electron chi connectivity index (χ1n) is 8.96. The van der Waals surface area contributed by atoms with E-state index in [-0.39, 0.29) is 18.3 Å². The third-order valence-corrected chi connectivity index (χ3v) is 6.25. The van der Waals surface area contributed by atoms with Gasteiger partial charge in [-0.05, 0) is 31.5 Å². The molecule has 0 aliphatic carbocycles. The first-order valence-corrected chi connectivity index (χ1v) is 10.7. The normalized spacial score (nSPS) is 11.0. The molecule has 11 heteroatoms. The number of thiazole rings is 2. The van der Waals surface area contributed by atoms with Crippen LogP contribution in [0.1, 0.15) is 31.6 Å². The van der Waals surface area contributed by atoms with E-state index in [0.29, 0.717) is 22.2 Å². The van der Waals surface area contributed by atoms with E-state index in [1.165, 1.54) is 39.0 Å². The summed E-state index contributed by atoms with van der Waals surface area (Å²) in [6.07, 6.45) is 1.36. The zero-order valence-corrected chi connectivity index (χ0v) is 17.8. The topological polar surface area (TPSA) is 94.7 Å². The molecule has 4 rings (SSSR count). The summed E-state index contributed by atoms with van der Waals surface area (Å²) in [5, 5.41) is 10.1. The second-order valence-electron chi connectivity index (χ2n) is 6.52. The Labute approximate surface area is 178 Å². The number of amides is 1. The van der Waals surface area contributed by atoms with Gasteiger partial charge in [0.1, 0.15) is 17.0 Å². The smallest absolute Gasteiger partial charge is 0.346 e. The Kier molecular flexibility index (Phi) is 5.55. The molecule has 0 aliphatic heterocycles. The van der Waals surface area contributed by atoms with Crippen LogP contribution in [0.3, 0.4) is 0 Å². The minimum Gasteiger partial charge on any atom is -0.346 e. The number of halogens is 1. The monoisotopic (exact) mass is 444 g/mol. The van der Waals surface area contributed by atoms with Gasteiger partial charge < -0.3 is 5.32 Å². The number of carbonyl (C=O) groups is 1. The Morgan fingerprint density at radius 2 is 1.97 bits per heavy atom. The summed E-state index contributed by atoms with van der Waals surface area (Å²) in [6.45, 7) is 4.15. The largest absolute Gasteiger partial charge is 0.352 e. The van der Waals surface area contributed by atoms with Crippen molar-refractivity contribution in [2.45, 2.75) is 26.9 Å². The lowest BCUT2D eigenvalue weighted by atomic mass is 10.2. The Balaban J connectivity index is 1.51. The highest BCUT2D eigenvalue weighted by molar-refractivity contribution is 7.16. The van der Waals surface area contributed by atoms with Crippen LogP contribution in [0, 0.1) is 19.7 Å². The molecule has 8 nitrogen and oxygen atoms in total. The van der Waals surface area contributed by atoms with Crippen LogP contribution in [-0.2, 0) is 13.1 Å². The summed E-state index contributed by atoms with van der Waals surface area (Å²) < 4.78 is 15.6. The maximum atomic E-state index is 13.1. The average molecular weight is 445 g/mol. The van der Waals surface area contributed by atoms with E-state index >= 15 is 0 Å². The number of hydrogen-bond acceptors (Lipinski definition) is 7. The molecule has 3 aromatic heterocycles. The second-order valence-corrected chi connectivity index (χ2v) is 8.56. The van der Waals surface area contributed by atoms with Crippen LogP contribution in [0.15, 0.2) is 40.8 Å². The molecule has 0 atom stereocenters. The minimum atomic E-state index is -0.391. The van der Waals surface area contributed by atoms with Crippen molar-refractivity contribution in [3.63, 3.8) is 0 Å². The molecule has 0 unspecified atom stereocenters. The first-order chi connectivity index (χ1) is 14.4. The lowest BCUT2D eigenvalue weighted by Crippen LogP contribution is -2.24. The zero-order chi connectivity index (χ0) is 21.3. The first kappa shape index (κ1) is 20.1. The highest BCUT2D eigenvalue weighted by Gasteiger charge is 2.18. The number of nitrogens with zero attached hydrogens (tertiary/aromatic N) is 5. The summed E-state index contributed by atoms with van der Waals surface area (Å²) in [6, 6.07) is 5.86. The van der Waals surface area contributed by atoms with Gasteiger partial charge in [-0.15, -0.1) is 11.3 Å². The molecule has 0 saturated heterocycles. The molecule has 3 heterocycles. The lowest BCUT2D eigenvalue weighted by Gasteiger charge is -2.01. The molecule has 30 heavy (non-hydrogen) atoms. The highest BCUT2D eigenvalue weighted by Crippen LogP contribution is 2.20. The predicted molar refractivity (Wildman–Crippen MR) is 112 cm³/mol. The molecule has 4 aromatic rings. The van der Waals surface area contributed by atoms with Gasteiger partial charge in [0.05, 0.1) is 29.5 Å². The molecule has 1 amide bonds. The second kappa shape index (κ2) is 8.28. The Morgan fingerprint density at radius 3 is 2.67 bits per heavy atom. The highest BCUT2D eigenvalue weighted by atomic mass is 32.1. The van der Waals surface area contributed by atoms with Gasteiger partial charge in [0.2, 0.25) is 0 Å². The molecule has 0 spiro atoms. The fourth-order valence-corrected chi connectivity index (χ4v) is 4.34. The molecule has 0 aliphatic rings. The number of aryl methyl sites for hydroxylation is 2. The third kappa shape index (κ3) is 4.21. The van der Waals surface area contributed by atoms with Gasteiger partial charge in [-0.25, -0.2) is 28.4 Å². The van der Waals surface area contributed by atoms with Crippen LogP contribution in [0.4, 0.5) is 4.39 Å². The molecule has 1 aromatic carbocycles. The third-order valence-electron chi connectivity index (χ3n) is 4.27. The van der Waals surface area contributed by atoms with Crippen molar-refractivity contribution in [3.8, 4) is 5.13 Å². The van der Waals surface area contributed by atoms with Crippen LogP contribution < -0.4 is 11.0 Å². The van der Waals surface area contributed by atoms with Gasteiger partial charge in [0.25, 0.3) is 5.91 Å². The van der Waals surface area contributed by atoms with Crippen LogP contribution in [-0.4, -0.2) is 30.2 Å². The standard InChI is InChI=1S/C19H17FN6O2S2/c1-11-16(17(27)21-7-15-9-29-12(2)24-15)30-18(23-11)25-10-22-26(19(25)28)8-13-3-5-14(20)6-4-13/h3-6,9-10H,7-8H2,1-2H3,(H,21,27). The molecular formula is C19H17FN6O2S2. The van der Waals surface area contributed by atoms with Crippen molar-refractivity contribution in [1.29, 1.82) is 0 Å². The number of rotatable bonds is 6. The van der Waals surface area contributed by atoms with Crippen LogP contribution in [0.25, 0.3) is 5.13 Å². The van der Waals surface area contributed by atoms with Crippen molar-refractivity contribution < 1.29 is 9.18 Å². The van der Waals surface area contributed by atoms with Crippen LogP contribution in [0.5, 0.6) is 0 Å². The van der Waals surface area contributed by atoms with Crippen molar-refractivity contribution in [2.75, 3.05) is 0 Å². The number of nitrogens with one attached hydrogen (secondary N) is 1. The lowest BCUT2D eigenvalue weighted by molar-refractivity contribution is 0.0953. The van der Waals surface area contributed by atoms with E-state index in [2.05, 4.69) is 20.4 Å². The zero-order valence-electron chi connectivity index (χ0n) is 16.1. The average Bonchev–Trinajstić information content (AvgIpc) is 3.41. The summed E-state index contributed by atoms with van der Waals surface area (Å²) >= 11 is 2.64. The van der Waals surface area contributed by atoms with Gasteiger partial charge in [-0.2, -0.15) is 5.10 Å². The Bertz CT molecular complexity index is 1250. The van der Waals surface area contributed by atoms with Gasteiger partial charge >= 0.3 is 5.69 Å². The maximum Gasteiger partial charge on any atom is 0.352 e. The fraction of sp³-hybridized carbons (Fsp3) is 0.211. The Morgan fingerprint density at radius 1 is 1.20 bits per heavy atom. The fourth-order valence-electron chi connectivity index (χ4n) is 2.78. The molecule has 0 fully saturated rings. The van der Waals surface area contributed by atoms with Gasteiger partial charge in [0, 0.05) is 5.38 Å². The molecule has 0 bridgehead atoms. The quantitative estimate of drug-likeness (QED) is 0.493. The van der Waals surface area contributed by atoms with E-state index in [4.69, 9.17) is 0 Å². The number of carbonyl (C=O) groups excluding carboxylic acids is 1.